The Labute approximate surface area is 215 Å². The highest BCUT2D eigenvalue weighted by Crippen LogP contribution is 2.34. The van der Waals surface area contributed by atoms with Gasteiger partial charge in [0.05, 0.1) is 23.0 Å². The summed E-state index contributed by atoms with van der Waals surface area (Å²) >= 11 is 0.697. The van der Waals surface area contributed by atoms with Crippen LogP contribution in [0.2, 0.25) is 0 Å². The molecule has 1 aliphatic heterocycles. The van der Waals surface area contributed by atoms with Gasteiger partial charge in [0.1, 0.15) is 6.54 Å². The van der Waals surface area contributed by atoms with Gasteiger partial charge < -0.3 is 19.5 Å². The van der Waals surface area contributed by atoms with E-state index in [1.807, 2.05) is 0 Å². The number of hydrogen-bond acceptors (Lipinski definition) is 10. The fourth-order valence-corrected chi connectivity index (χ4v) is 3.99. The molecule has 1 N–H and O–H groups in total. The molecule has 1 fully saturated rings. The zero-order chi connectivity index (χ0) is 27.1. The van der Waals surface area contributed by atoms with E-state index >= 15 is 0 Å². The lowest BCUT2D eigenvalue weighted by Gasteiger charge is -2.13. The number of esters is 1. The number of nitro groups is 1. The predicted octanol–water partition coefficient (Wildman–Crippen LogP) is 3.61. The van der Waals surface area contributed by atoms with Crippen molar-refractivity contribution < 1.29 is 38.3 Å². The van der Waals surface area contributed by atoms with Crippen LogP contribution in [0.25, 0.3) is 6.08 Å². The molecule has 0 radical (unpaired) electrons. The number of nitro benzene ring substituents is 1. The van der Waals surface area contributed by atoms with Gasteiger partial charge in [-0.05, 0) is 55.4 Å². The van der Waals surface area contributed by atoms with Crippen LogP contribution in [0.15, 0.2) is 47.4 Å². The van der Waals surface area contributed by atoms with E-state index in [9.17, 15) is 29.3 Å². The van der Waals surface area contributed by atoms with Gasteiger partial charge >= 0.3 is 5.97 Å². The molecule has 12 nitrogen and oxygen atoms in total. The van der Waals surface area contributed by atoms with E-state index in [2.05, 4.69) is 5.32 Å². The Morgan fingerprint density at radius 1 is 1.16 bits per heavy atom. The molecule has 0 aliphatic carbocycles. The molecule has 3 rings (SSSR count). The van der Waals surface area contributed by atoms with Crippen molar-refractivity contribution in [2.75, 3.05) is 25.6 Å². The van der Waals surface area contributed by atoms with E-state index < -0.39 is 41.1 Å². The maximum atomic E-state index is 12.6. The zero-order valence-corrected chi connectivity index (χ0v) is 20.9. The van der Waals surface area contributed by atoms with Crippen molar-refractivity contribution in [1.82, 2.24) is 4.90 Å². The summed E-state index contributed by atoms with van der Waals surface area (Å²) in [4.78, 5) is 60.2. The largest absolute Gasteiger partial charge is 0.493 e. The smallest absolute Gasteiger partial charge is 0.326 e. The van der Waals surface area contributed by atoms with Crippen LogP contribution in [0.1, 0.15) is 19.4 Å². The Kier molecular flexibility index (Phi) is 8.85. The third-order valence-corrected chi connectivity index (χ3v) is 5.62. The second-order valence-electron chi connectivity index (χ2n) is 7.86. The fourth-order valence-electron chi connectivity index (χ4n) is 3.15. The van der Waals surface area contributed by atoms with Crippen molar-refractivity contribution in [2.24, 2.45) is 0 Å². The molecule has 1 aliphatic rings. The molecular formula is C24H23N3O9S. The fraction of sp³-hybridized carbons (Fsp3) is 0.250. The number of amides is 3. The minimum Gasteiger partial charge on any atom is -0.493 e. The van der Waals surface area contributed by atoms with E-state index in [0.717, 1.165) is 4.90 Å². The molecule has 0 unspecified atom stereocenters. The lowest BCUT2D eigenvalue weighted by atomic mass is 10.2. The van der Waals surface area contributed by atoms with Crippen molar-refractivity contribution >= 4 is 52.2 Å². The minimum atomic E-state index is -0.684. The number of thioether (sulfide) groups is 1. The van der Waals surface area contributed by atoms with Gasteiger partial charge in [0.15, 0.2) is 18.1 Å². The van der Waals surface area contributed by atoms with Gasteiger partial charge in [-0.1, -0.05) is 12.1 Å². The van der Waals surface area contributed by atoms with Crippen molar-refractivity contribution in [2.45, 2.75) is 20.0 Å². The highest BCUT2D eigenvalue weighted by Gasteiger charge is 2.36. The summed E-state index contributed by atoms with van der Waals surface area (Å²) < 4.78 is 15.8. The van der Waals surface area contributed by atoms with E-state index in [1.165, 1.54) is 43.5 Å². The number of rotatable bonds is 10. The number of hydrogen-bond donors (Lipinski definition) is 1. The Morgan fingerprint density at radius 2 is 1.92 bits per heavy atom. The van der Waals surface area contributed by atoms with E-state index in [4.69, 9.17) is 14.2 Å². The van der Waals surface area contributed by atoms with Gasteiger partial charge in [0.25, 0.3) is 22.7 Å². The molecule has 2 aromatic carbocycles. The van der Waals surface area contributed by atoms with Gasteiger partial charge in [-0.25, -0.2) is 0 Å². The highest BCUT2D eigenvalue weighted by molar-refractivity contribution is 8.18. The van der Waals surface area contributed by atoms with Crippen LogP contribution in [0.3, 0.4) is 0 Å². The van der Waals surface area contributed by atoms with Crippen LogP contribution in [0, 0.1) is 10.1 Å². The van der Waals surface area contributed by atoms with Crippen molar-refractivity contribution in [3.63, 3.8) is 0 Å². The summed E-state index contributed by atoms with van der Waals surface area (Å²) in [6, 6.07) is 10.2. The van der Waals surface area contributed by atoms with Crippen molar-refractivity contribution in [1.29, 1.82) is 0 Å². The van der Waals surface area contributed by atoms with Crippen LogP contribution in [-0.2, 0) is 19.1 Å². The first-order valence-electron chi connectivity index (χ1n) is 10.9. The molecule has 2 aromatic rings. The van der Waals surface area contributed by atoms with Crippen LogP contribution in [0.4, 0.5) is 16.2 Å². The number of carbonyl (C=O) groups excluding carboxylic acids is 4. The van der Waals surface area contributed by atoms with Gasteiger partial charge in [0.2, 0.25) is 0 Å². The molecule has 1 saturated heterocycles. The number of benzene rings is 2. The number of nitrogens with one attached hydrogen (secondary N) is 1. The Bertz CT molecular complexity index is 1280. The Hall–Kier alpha value is -4.39. The summed E-state index contributed by atoms with van der Waals surface area (Å²) in [7, 11) is 1.39. The molecule has 0 spiro atoms. The first kappa shape index (κ1) is 27.2. The average Bonchev–Trinajstić information content (AvgIpc) is 3.09. The first-order chi connectivity index (χ1) is 17.6. The number of anilines is 1. The molecule has 194 valence electrons. The van der Waals surface area contributed by atoms with Crippen LogP contribution in [0.5, 0.6) is 11.5 Å². The topological polar surface area (TPSA) is 154 Å². The lowest BCUT2D eigenvalue weighted by molar-refractivity contribution is -0.384. The number of carbonyl (C=O) groups is 4. The molecule has 37 heavy (non-hydrogen) atoms. The Morgan fingerprint density at radius 3 is 2.59 bits per heavy atom. The number of non-ortho nitro benzene ring substituents is 1. The predicted molar refractivity (Wildman–Crippen MR) is 134 cm³/mol. The SMILES string of the molecule is COc1cc(/C=C2\SC(=O)N(CC(=O)OC(C)C)C2=O)ccc1OCC(=O)Nc1cccc([N+](=O)[O-])c1. The molecule has 0 aromatic heterocycles. The quantitative estimate of drug-likeness (QED) is 0.209. The number of ether oxygens (including phenoxy) is 3. The third-order valence-electron chi connectivity index (χ3n) is 4.71. The monoisotopic (exact) mass is 529 g/mol. The summed E-state index contributed by atoms with van der Waals surface area (Å²) in [5, 5.41) is 12.8. The van der Waals surface area contributed by atoms with Crippen LogP contribution in [-0.4, -0.2) is 59.2 Å². The average molecular weight is 530 g/mol. The summed E-state index contributed by atoms with van der Waals surface area (Å²) in [6.07, 6.45) is 1.10. The van der Waals surface area contributed by atoms with Crippen molar-refractivity contribution in [3.05, 3.63) is 63.0 Å². The standard InChI is InChI=1S/C24H23N3O9S/c1-14(2)36-22(29)12-26-23(30)20(37-24(26)31)10-15-7-8-18(19(9-15)34-3)35-13-21(28)25-16-5-4-6-17(11-16)27(32)33/h4-11,14H,12-13H2,1-3H3,(H,25,28)/b20-10-. The van der Waals surface area contributed by atoms with Gasteiger partial charge in [-0.3, -0.25) is 34.2 Å². The summed E-state index contributed by atoms with van der Waals surface area (Å²) in [5.41, 5.74) is 0.598. The molecule has 3 amide bonds. The van der Waals surface area contributed by atoms with Crippen molar-refractivity contribution in [3.8, 4) is 11.5 Å². The van der Waals surface area contributed by atoms with Crippen LogP contribution < -0.4 is 14.8 Å². The molecule has 0 saturated carbocycles. The van der Waals surface area contributed by atoms with E-state index in [0.29, 0.717) is 17.3 Å². The van der Waals surface area contributed by atoms with Gasteiger partial charge in [0, 0.05) is 17.8 Å². The number of nitrogens with zero attached hydrogens (tertiary/aromatic N) is 2. The summed E-state index contributed by atoms with van der Waals surface area (Å²) in [5.74, 6) is -1.35. The maximum Gasteiger partial charge on any atom is 0.326 e. The van der Waals surface area contributed by atoms with E-state index in [-0.39, 0.29) is 33.9 Å². The Balaban J connectivity index is 1.65. The third kappa shape index (κ3) is 7.30. The molecular weight excluding hydrogens is 506 g/mol. The van der Waals surface area contributed by atoms with E-state index in [1.54, 1.807) is 26.0 Å². The lowest BCUT2D eigenvalue weighted by Crippen LogP contribution is -2.35. The second-order valence-corrected chi connectivity index (χ2v) is 8.85. The maximum absolute atomic E-state index is 12.6. The first-order valence-corrected chi connectivity index (χ1v) is 11.7. The normalized spacial score (nSPS) is 14.2. The second kappa shape index (κ2) is 12.0. The van der Waals surface area contributed by atoms with Crippen LogP contribution >= 0.6 is 11.8 Å². The molecule has 13 heteroatoms. The highest BCUT2D eigenvalue weighted by atomic mass is 32.2. The minimum absolute atomic E-state index is 0.120. The summed E-state index contributed by atoms with van der Waals surface area (Å²) in [6.45, 7) is 2.45. The molecule has 0 atom stereocenters. The zero-order valence-electron chi connectivity index (χ0n) is 20.1. The van der Waals surface area contributed by atoms with Gasteiger partial charge in [-0.15, -0.1) is 0 Å². The number of methoxy groups -OCH3 is 1. The molecule has 1 heterocycles. The van der Waals surface area contributed by atoms with Gasteiger partial charge in [-0.2, -0.15) is 0 Å². The number of imide groups is 1. The molecule has 0 bridgehead atoms.